The van der Waals surface area contributed by atoms with Crippen LogP contribution in [0.4, 0.5) is 11.4 Å². The molecule has 0 aliphatic heterocycles. The summed E-state index contributed by atoms with van der Waals surface area (Å²) in [6, 6.07) is 13.6. The van der Waals surface area contributed by atoms with Crippen molar-refractivity contribution in [1.29, 1.82) is 0 Å². The fourth-order valence-corrected chi connectivity index (χ4v) is 3.23. The van der Waals surface area contributed by atoms with Crippen molar-refractivity contribution in [2.24, 2.45) is 0 Å². The van der Waals surface area contributed by atoms with Crippen LogP contribution in [-0.2, 0) is 9.59 Å². The van der Waals surface area contributed by atoms with Gasteiger partial charge in [0.15, 0.2) is 0 Å². The van der Waals surface area contributed by atoms with Crippen molar-refractivity contribution < 1.29 is 9.59 Å². The quantitative estimate of drug-likeness (QED) is 0.604. The smallest absolute Gasteiger partial charge is 0.267 e. The van der Waals surface area contributed by atoms with E-state index in [0.29, 0.717) is 23.5 Å². The molecule has 0 unspecified atom stereocenters. The van der Waals surface area contributed by atoms with Crippen LogP contribution in [0.3, 0.4) is 0 Å². The monoisotopic (exact) mass is 432 g/mol. The van der Waals surface area contributed by atoms with Gasteiger partial charge in [-0.2, -0.15) is 5.10 Å². The van der Waals surface area contributed by atoms with Crippen LogP contribution in [-0.4, -0.2) is 21.6 Å². The van der Waals surface area contributed by atoms with Gasteiger partial charge >= 0.3 is 0 Å². The second kappa shape index (κ2) is 9.60. The average molecular weight is 433 g/mol. The number of amides is 2. The first kappa shape index (κ1) is 22.9. The molecule has 0 saturated carbocycles. The summed E-state index contributed by atoms with van der Waals surface area (Å²) in [4.78, 5) is 37.2. The molecule has 0 radical (unpaired) electrons. The number of aryl methyl sites for hydroxylation is 3. The number of benzene rings is 2. The van der Waals surface area contributed by atoms with Gasteiger partial charge in [-0.25, -0.2) is 4.68 Å². The Morgan fingerprint density at radius 1 is 0.938 bits per heavy atom. The van der Waals surface area contributed by atoms with Gasteiger partial charge in [-0.05, 0) is 62.6 Å². The van der Waals surface area contributed by atoms with Gasteiger partial charge in [-0.15, -0.1) is 0 Å². The predicted molar refractivity (Wildman–Crippen MR) is 127 cm³/mol. The maximum absolute atomic E-state index is 12.9. The first-order valence-electron chi connectivity index (χ1n) is 10.6. The summed E-state index contributed by atoms with van der Waals surface area (Å²) in [6.45, 7) is 9.20. The summed E-state index contributed by atoms with van der Waals surface area (Å²) in [5.74, 6) is -0.412. The minimum atomic E-state index is -0.813. The Balaban J connectivity index is 1.91. The molecule has 0 fully saturated rings. The second-order valence-corrected chi connectivity index (χ2v) is 7.92. The first-order chi connectivity index (χ1) is 15.2. The lowest BCUT2D eigenvalue weighted by molar-refractivity contribution is -0.119. The number of anilines is 2. The number of carbonyl (C=O) groups excluding carboxylic acids is 2. The van der Waals surface area contributed by atoms with Crippen molar-refractivity contribution in [1.82, 2.24) is 9.78 Å². The highest BCUT2D eigenvalue weighted by molar-refractivity contribution is 5.94. The summed E-state index contributed by atoms with van der Waals surface area (Å²) < 4.78 is 1.18. The summed E-state index contributed by atoms with van der Waals surface area (Å²) in [6.07, 6.45) is 0.375. The summed E-state index contributed by atoms with van der Waals surface area (Å²) in [5, 5.41) is 10.2. The van der Waals surface area contributed by atoms with Crippen LogP contribution in [0.2, 0.25) is 0 Å². The molecule has 0 saturated heterocycles. The van der Waals surface area contributed by atoms with Gasteiger partial charge in [0.1, 0.15) is 6.04 Å². The van der Waals surface area contributed by atoms with E-state index >= 15 is 0 Å². The van der Waals surface area contributed by atoms with Crippen molar-refractivity contribution in [3.05, 3.63) is 75.6 Å². The van der Waals surface area contributed by atoms with Gasteiger partial charge in [0.05, 0.1) is 5.69 Å². The largest absolute Gasteiger partial charge is 0.326 e. The van der Waals surface area contributed by atoms with E-state index < -0.39 is 6.04 Å². The van der Waals surface area contributed by atoms with Gasteiger partial charge in [-0.3, -0.25) is 14.4 Å². The van der Waals surface area contributed by atoms with E-state index in [1.165, 1.54) is 10.7 Å². The van der Waals surface area contributed by atoms with Crippen LogP contribution < -0.4 is 16.2 Å². The zero-order chi connectivity index (χ0) is 23.4. The van der Waals surface area contributed by atoms with E-state index in [9.17, 15) is 14.4 Å². The number of hydrogen-bond donors (Lipinski definition) is 2. The molecule has 7 heteroatoms. The number of nitrogens with zero attached hydrogens (tertiary/aromatic N) is 2. The van der Waals surface area contributed by atoms with Gasteiger partial charge in [0, 0.05) is 29.4 Å². The highest BCUT2D eigenvalue weighted by atomic mass is 16.2. The lowest BCUT2D eigenvalue weighted by atomic mass is 10.1. The molecule has 0 bridgehead atoms. The van der Waals surface area contributed by atoms with Crippen LogP contribution in [0.25, 0.3) is 11.3 Å². The molecule has 7 nitrogen and oxygen atoms in total. The third-order valence-electron chi connectivity index (χ3n) is 5.35. The number of aromatic nitrogens is 2. The highest BCUT2D eigenvalue weighted by Gasteiger charge is 2.19. The molecule has 3 aromatic rings. The molecule has 1 atom stereocenters. The van der Waals surface area contributed by atoms with E-state index in [1.807, 2.05) is 57.2 Å². The summed E-state index contributed by atoms with van der Waals surface area (Å²) in [5.41, 5.74) is 5.18. The SMILES string of the molecule is CCC(=O)Nc1cc(-c2ccc(=O)n([C@H](C)C(=O)Nc3cc(C)ccc3C)n2)ccc1C. The van der Waals surface area contributed by atoms with E-state index in [2.05, 4.69) is 15.7 Å². The maximum atomic E-state index is 12.9. The van der Waals surface area contributed by atoms with Crippen LogP contribution >= 0.6 is 0 Å². The zero-order valence-electron chi connectivity index (χ0n) is 19.0. The molecule has 2 aromatic carbocycles. The molecule has 2 N–H and O–H groups in total. The van der Waals surface area contributed by atoms with Gasteiger partial charge in [0.25, 0.3) is 5.56 Å². The second-order valence-electron chi connectivity index (χ2n) is 7.92. The van der Waals surface area contributed by atoms with Crippen molar-refractivity contribution in [2.45, 2.75) is 47.1 Å². The van der Waals surface area contributed by atoms with E-state index in [1.54, 1.807) is 19.9 Å². The lowest BCUT2D eigenvalue weighted by Crippen LogP contribution is -2.33. The van der Waals surface area contributed by atoms with Gasteiger partial charge in [0.2, 0.25) is 11.8 Å². The van der Waals surface area contributed by atoms with Crippen molar-refractivity contribution in [2.75, 3.05) is 10.6 Å². The summed E-state index contributed by atoms with van der Waals surface area (Å²) in [7, 11) is 0. The Hall–Kier alpha value is -3.74. The number of nitrogens with one attached hydrogen (secondary N) is 2. The molecule has 2 amide bonds. The standard InChI is InChI=1S/C25H28N4O3/c1-6-23(30)26-22-14-19(10-9-17(22)4)20-11-12-24(31)29(28-20)18(5)25(32)27-21-13-15(2)7-8-16(21)3/h7-14,18H,6H2,1-5H3,(H,26,30)(H,27,32)/t18-/m1/s1. The van der Waals surface area contributed by atoms with Gasteiger partial charge in [-0.1, -0.05) is 31.2 Å². The molecule has 3 rings (SSSR count). The Morgan fingerprint density at radius 2 is 1.59 bits per heavy atom. The zero-order valence-corrected chi connectivity index (χ0v) is 19.0. The number of carbonyl (C=O) groups is 2. The molecular weight excluding hydrogens is 404 g/mol. The highest BCUT2D eigenvalue weighted by Crippen LogP contribution is 2.24. The Kier molecular flexibility index (Phi) is 6.88. The van der Waals surface area contributed by atoms with Gasteiger partial charge < -0.3 is 10.6 Å². The van der Waals surface area contributed by atoms with Crippen molar-refractivity contribution >= 4 is 23.2 Å². The van der Waals surface area contributed by atoms with Crippen LogP contribution in [0.15, 0.2) is 53.3 Å². The molecule has 1 heterocycles. The number of rotatable bonds is 6. The Labute approximate surface area is 187 Å². The summed E-state index contributed by atoms with van der Waals surface area (Å²) >= 11 is 0. The molecule has 1 aromatic heterocycles. The molecule has 0 spiro atoms. The topological polar surface area (TPSA) is 93.1 Å². The molecule has 0 aliphatic carbocycles. The third kappa shape index (κ3) is 5.11. The molecule has 32 heavy (non-hydrogen) atoms. The lowest BCUT2D eigenvalue weighted by Gasteiger charge is -2.17. The minimum absolute atomic E-state index is 0.0834. The first-order valence-corrected chi connectivity index (χ1v) is 10.6. The molecule has 166 valence electrons. The number of hydrogen-bond acceptors (Lipinski definition) is 4. The van der Waals surface area contributed by atoms with Crippen molar-refractivity contribution in [3.8, 4) is 11.3 Å². The Morgan fingerprint density at radius 3 is 2.28 bits per heavy atom. The third-order valence-corrected chi connectivity index (χ3v) is 5.35. The van der Waals surface area contributed by atoms with Crippen molar-refractivity contribution in [3.63, 3.8) is 0 Å². The fourth-order valence-electron chi connectivity index (χ4n) is 3.23. The van der Waals surface area contributed by atoms with E-state index in [4.69, 9.17) is 0 Å². The molecule has 0 aliphatic rings. The fraction of sp³-hybridized carbons (Fsp3) is 0.280. The molecular formula is C25H28N4O3. The average Bonchev–Trinajstić information content (AvgIpc) is 2.77. The van der Waals surface area contributed by atoms with Crippen LogP contribution in [0.5, 0.6) is 0 Å². The van der Waals surface area contributed by atoms with Crippen LogP contribution in [0, 0.1) is 20.8 Å². The van der Waals surface area contributed by atoms with E-state index in [-0.39, 0.29) is 17.4 Å². The predicted octanol–water partition coefficient (Wildman–Crippen LogP) is 4.38. The normalized spacial score (nSPS) is 11.7. The minimum Gasteiger partial charge on any atom is -0.326 e. The van der Waals surface area contributed by atoms with E-state index in [0.717, 1.165) is 22.3 Å². The maximum Gasteiger partial charge on any atom is 0.267 e. The van der Waals surface area contributed by atoms with Crippen LogP contribution in [0.1, 0.15) is 43.0 Å². The Bertz CT molecular complexity index is 1230.